The van der Waals surface area contributed by atoms with Crippen LogP contribution in [0.1, 0.15) is 24.7 Å². The Hall–Kier alpha value is -2.96. The van der Waals surface area contributed by atoms with Gasteiger partial charge in [-0.1, -0.05) is 12.1 Å². The van der Waals surface area contributed by atoms with Gasteiger partial charge in [-0.2, -0.15) is 0 Å². The van der Waals surface area contributed by atoms with E-state index in [2.05, 4.69) is 9.97 Å². The van der Waals surface area contributed by atoms with Gasteiger partial charge in [-0.3, -0.25) is 4.79 Å². The summed E-state index contributed by atoms with van der Waals surface area (Å²) in [4.78, 5) is 22.1. The quantitative estimate of drug-likeness (QED) is 0.776. The maximum absolute atomic E-state index is 13.6. The van der Waals surface area contributed by atoms with E-state index >= 15 is 0 Å². The predicted molar refractivity (Wildman–Crippen MR) is 91.6 cm³/mol. The third kappa shape index (κ3) is 3.12. The minimum atomic E-state index is -0.826. The number of likely N-dealkylation sites (tertiary alicyclic amines) is 1. The van der Waals surface area contributed by atoms with Gasteiger partial charge in [-0.25, -0.2) is 13.8 Å². The average Bonchev–Trinajstić information content (AvgIpc) is 3.27. The smallest absolute Gasteiger partial charge is 0.261 e. The summed E-state index contributed by atoms with van der Waals surface area (Å²) in [6.07, 6.45) is 1.66. The first-order valence-corrected chi connectivity index (χ1v) is 8.44. The number of hydrogen-bond acceptors (Lipinski definition) is 3. The Labute approximate surface area is 148 Å². The Bertz CT molecular complexity index is 924. The van der Waals surface area contributed by atoms with Gasteiger partial charge in [-0.05, 0) is 37.1 Å². The normalized spacial score (nSPS) is 17.0. The van der Waals surface area contributed by atoms with Crippen LogP contribution in [0.5, 0.6) is 5.75 Å². The highest BCUT2D eigenvalue weighted by atomic mass is 19.1. The van der Waals surface area contributed by atoms with Crippen molar-refractivity contribution in [1.82, 2.24) is 14.9 Å². The van der Waals surface area contributed by atoms with Gasteiger partial charge in [0.1, 0.15) is 11.6 Å². The molecule has 26 heavy (non-hydrogen) atoms. The number of amides is 1. The minimum Gasteiger partial charge on any atom is -0.481 e. The number of halogens is 2. The Balaban J connectivity index is 1.48. The van der Waals surface area contributed by atoms with E-state index in [1.54, 1.807) is 4.90 Å². The van der Waals surface area contributed by atoms with E-state index in [9.17, 15) is 13.6 Å². The highest BCUT2D eigenvalue weighted by Crippen LogP contribution is 2.31. The second kappa shape index (κ2) is 6.74. The molecule has 1 aliphatic heterocycles. The highest BCUT2D eigenvalue weighted by Gasteiger charge is 2.32. The van der Waals surface area contributed by atoms with Crippen molar-refractivity contribution in [2.75, 3.05) is 13.2 Å². The van der Waals surface area contributed by atoms with Crippen LogP contribution in [0.25, 0.3) is 11.0 Å². The summed E-state index contributed by atoms with van der Waals surface area (Å²) in [6.45, 7) is 0.287. The van der Waals surface area contributed by atoms with Crippen molar-refractivity contribution in [1.29, 1.82) is 0 Å². The minimum absolute atomic E-state index is 0.140. The number of imidazole rings is 1. The average molecular weight is 357 g/mol. The molecule has 1 aliphatic rings. The van der Waals surface area contributed by atoms with Gasteiger partial charge in [-0.15, -0.1) is 0 Å². The predicted octanol–water partition coefficient (Wildman–Crippen LogP) is 3.58. The lowest BCUT2D eigenvalue weighted by atomic mass is 10.2. The number of carbonyl (C=O) groups excluding carboxylic acids is 1. The van der Waals surface area contributed by atoms with Crippen LogP contribution in [-0.4, -0.2) is 33.9 Å². The first kappa shape index (κ1) is 16.5. The number of carbonyl (C=O) groups is 1. The van der Waals surface area contributed by atoms with Crippen LogP contribution in [0.2, 0.25) is 0 Å². The summed E-state index contributed by atoms with van der Waals surface area (Å²) in [6, 6.07) is 10.5. The zero-order chi connectivity index (χ0) is 18.1. The Morgan fingerprint density at radius 1 is 1.27 bits per heavy atom. The molecule has 1 amide bonds. The highest BCUT2D eigenvalue weighted by molar-refractivity contribution is 5.79. The zero-order valence-corrected chi connectivity index (χ0v) is 13.9. The van der Waals surface area contributed by atoms with Crippen molar-refractivity contribution in [2.45, 2.75) is 18.9 Å². The molecule has 1 aromatic heterocycles. The van der Waals surface area contributed by atoms with E-state index in [4.69, 9.17) is 4.74 Å². The number of rotatable bonds is 4. The Kier molecular flexibility index (Phi) is 4.28. The van der Waals surface area contributed by atoms with Crippen molar-refractivity contribution in [2.24, 2.45) is 0 Å². The zero-order valence-electron chi connectivity index (χ0n) is 13.9. The summed E-state index contributed by atoms with van der Waals surface area (Å²) in [5.41, 5.74) is 1.78. The lowest BCUT2D eigenvalue weighted by molar-refractivity contribution is -0.134. The molecule has 0 spiro atoms. The molecule has 0 saturated carbocycles. The molecule has 0 aliphatic carbocycles. The molecular weight excluding hydrogens is 340 g/mol. The number of fused-ring (bicyclic) bond motifs is 1. The van der Waals surface area contributed by atoms with E-state index in [1.165, 1.54) is 6.07 Å². The molecule has 1 saturated heterocycles. The van der Waals surface area contributed by atoms with Gasteiger partial charge in [0.05, 0.1) is 17.1 Å². The van der Waals surface area contributed by atoms with Crippen LogP contribution >= 0.6 is 0 Å². The molecule has 2 heterocycles. The summed E-state index contributed by atoms with van der Waals surface area (Å²) in [7, 11) is 0. The maximum Gasteiger partial charge on any atom is 0.261 e. The van der Waals surface area contributed by atoms with E-state index in [1.807, 2.05) is 24.3 Å². The van der Waals surface area contributed by atoms with Crippen LogP contribution in [0, 0.1) is 11.6 Å². The lowest BCUT2D eigenvalue weighted by Crippen LogP contribution is -2.35. The number of aromatic nitrogens is 2. The molecule has 1 atom stereocenters. The van der Waals surface area contributed by atoms with Crippen molar-refractivity contribution in [3.8, 4) is 5.75 Å². The molecule has 5 nitrogen and oxygen atoms in total. The van der Waals surface area contributed by atoms with Crippen molar-refractivity contribution < 1.29 is 18.3 Å². The number of para-hydroxylation sites is 2. The number of hydrogen-bond donors (Lipinski definition) is 1. The van der Waals surface area contributed by atoms with Crippen LogP contribution in [-0.2, 0) is 4.79 Å². The fourth-order valence-corrected chi connectivity index (χ4v) is 3.29. The largest absolute Gasteiger partial charge is 0.481 e. The molecule has 134 valence electrons. The van der Waals surface area contributed by atoms with E-state index in [0.717, 1.165) is 41.8 Å². The van der Waals surface area contributed by atoms with Gasteiger partial charge >= 0.3 is 0 Å². The molecule has 7 heteroatoms. The number of benzene rings is 2. The third-order valence-corrected chi connectivity index (χ3v) is 4.54. The second-order valence-corrected chi connectivity index (χ2v) is 6.25. The van der Waals surface area contributed by atoms with Gasteiger partial charge < -0.3 is 14.6 Å². The SMILES string of the molecule is O=C(COc1ccc(F)cc1F)N1CCCC1c1nc2ccccc2[nH]1. The number of nitrogens with zero attached hydrogens (tertiary/aromatic N) is 2. The van der Waals surface area contributed by atoms with Crippen molar-refractivity contribution >= 4 is 16.9 Å². The fourth-order valence-electron chi connectivity index (χ4n) is 3.29. The van der Waals surface area contributed by atoms with E-state index in [-0.39, 0.29) is 24.3 Å². The molecule has 1 N–H and O–H groups in total. The molecule has 3 aromatic rings. The Morgan fingerprint density at radius 3 is 2.92 bits per heavy atom. The molecule has 2 aromatic carbocycles. The lowest BCUT2D eigenvalue weighted by Gasteiger charge is -2.23. The Morgan fingerprint density at radius 2 is 2.12 bits per heavy atom. The van der Waals surface area contributed by atoms with Crippen molar-refractivity contribution in [3.05, 3.63) is 59.9 Å². The molecule has 1 unspecified atom stereocenters. The van der Waals surface area contributed by atoms with Gasteiger partial charge in [0.25, 0.3) is 5.91 Å². The molecule has 4 rings (SSSR count). The third-order valence-electron chi connectivity index (χ3n) is 4.54. The summed E-state index contributed by atoms with van der Waals surface area (Å²) in [5.74, 6) is -1.17. The number of ether oxygens (including phenoxy) is 1. The molecule has 0 radical (unpaired) electrons. The maximum atomic E-state index is 13.6. The van der Waals surface area contributed by atoms with Gasteiger partial charge in [0.2, 0.25) is 0 Å². The van der Waals surface area contributed by atoms with Crippen LogP contribution in [0.15, 0.2) is 42.5 Å². The fraction of sp³-hybridized carbons (Fsp3) is 0.263. The van der Waals surface area contributed by atoms with Crippen molar-refractivity contribution in [3.63, 3.8) is 0 Å². The molecule has 1 fully saturated rings. The number of nitrogens with one attached hydrogen (secondary N) is 1. The first-order chi connectivity index (χ1) is 12.6. The first-order valence-electron chi connectivity index (χ1n) is 8.44. The number of aromatic amines is 1. The summed E-state index contributed by atoms with van der Waals surface area (Å²) in [5, 5.41) is 0. The van der Waals surface area contributed by atoms with Crippen LogP contribution < -0.4 is 4.74 Å². The molecule has 0 bridgehead atoms. The molecular formula is C19H17F2N3O2. The summed E-state index contributed by atoms with van der Waals surface area (Å²) < 4.78 is 31.8. The second-order valence-electron chi connectivity index (χ2n) is 6.25. The number of H-pyrrole nitrogens is 1. The summed E-state index contributed by atoms with van der Waals surface area (Å²) >= 11 is 0. The van der Waals surface area contributed by atoms with E-state index < -0.39 is 11.6 Å². The monoisotopic (exact) mass is 357 g/mol. The van der Waals surface area contributed by atoms with Crippen LogP contribution in [0.3, 0.4) is 0 Å². The van der Waals surface area contributed by atoms with Gasteiger partial charge in [0, 0.05) is 12.6 Å². The standard InChI is InChI=1S/C19H17F2N3O2/c20-12-7-8-17(13(21)10-12)26-11-18(25)24-9-3-6-16(24)19-22-14-4-1-2-5-15(14)23-19/h1-2,4-5,7-8,10,16H,3,6,9,11H2,(H,22,23). The topological polar surface area (TPSA) is 58.2 Å². The van der Waals surface area contributed by atoms with Crippen LogP contribution in [0.4, 0.5) is 8.78 Å². The van der Waals surface area contributed by atoms with Gasteiger partial charge in [0.15, 0.2) is 18.2 Å². The van der Waals surface area contributed by atoms with E-state index in [0.29, 0.717) is 6.54 Å².